The maximum absolute atomic E-state index is 12.1. The Kier molecular flexibility index (Phi) is 4.32. The van der Waals surface area contributed by atoms with Gasteiger partial charge < -0.3 is 15.0 Å². The van der Waals surface area contributed by atoms with Crippen molar-refractivity contribution in [1.29, 1.82) is 0 Å². The van der Waals surface area contributed by atoms with E-state index < -0.39 is 5.41 Å². The predicted molar refractivity (Wildman–Crippen MR) is 77.6 cm³/mol. The number of carbonyl (C=O) groups is 2. The van der Waals surface area contributed by atoms with Gasteiger partial charge in [-0.15, -0.1) is 11.3 Å². The molecule has 1 saturated heterocycles. The van der Waals surface area contributed by atoms with Crippen molar-refractivity contribution in [2.75, 3.05) is 20.2 Å². The molecular weight excluding hydrogens is 276 g/mol. The Morgan fingerprint density at radius 3 is 2.85 bits per heavy atom. The van der Waals surface area contributed by atoms with Crippen molar-refractivity contribution in [3.8, 4) is 0 Å². The Hall–Kier alpha value is -1.56. The van der Waals surface area contributed by atoms with Gasteiger partial charge in [0.1, 0.15) is 0 Å². The van der Waals surface area contributed by atoms with Crippen LogP contribution in [-0.2, 0) is 16.1 Å². The monoisotopic (exact) mass is 296 g/mol. The van der Waals surface area contributed by atoms with Crippen LogP contribution in [0.3, 0.4) is 0 Å². The van der Waals surface area contributed by atoms with E-state index in [0.717, 1.165) is 4.88 Å². The summed E-state index contributed by atoms with van der Waals surface area (Å²) in [7, 11) is 1.38. The van der Waals surface area contributed by atoms with Gasteiger partial charge in [0.25, 0.3) is 0 Å². The molecule has 0 radical (unpaired) electrons. The van der Waals surface area contributed by atoms with E-state index in [-0.39, 0.29) is 12.0 Å². The molecule has 2 heterocycles. The lowest BCUT2D eigenvalue weighted by Gasteiger charge is -2.21. The normalized spacial score (nSPS) is 21.9. The fourth-order valence-electron chi connectivity index (χ4n) is 2.40. The van der Waals surface area contributed by atoms with E-state index >= 15 is 0 Å². The van der Waals surface area contributed by atoms with Crippen LogP contribution in [0.25, 0.3) is 0 Å². The summed E-state index contributed by atoms with van der Waals surface area (Å²) in [6.45, 7) is 5.41. The Bertz CT molecular complexity index is 514. The van der Waals surface area contributed by atoms with Gasteiger partial charge in [-0.05, 0) is 32.4 Å². The molecule has 1 aliphatic rings. The highest BCUT2D eigenvalue weighted by atomic mass is 32.1. The summed E-state index contributed by atoms with van der Waals surface area (Å²) in [5, 5.41) is 2.89. The number of thiophene rings is 1. The molecule has 2 rings (SSSR count). The number of esters is 1. The molecule has 0 spiro atoms. The second kappa shape index (κ2) is 5.83. The first-order valence-electron chi connectivity index (χ1n) is 6.61. The van der Waals surface area contributed by atoms with Crippen LogP contribution in [0.4, 0.5) is 4.79 Å². The van der Waals surface area contributed by atoms with Crippen molar-refractivity contribution in [3.05, 3.63) is 21.9 Å². The zero-order valence-electron chi connectivity index (χ0n) is 12.1. The highest BCUT2D eigenvalue weighted by molar-refractivity contribution is 7.11. The van der Waals surface area contributed by atoms with Gasteiger partial charge in [0.2, 0.25) is 0 Å². The number of hydrogen-bond acceptors (Lipinski definition) is 4. The topological polar surface area (TPSA) is 58.6 Å². The van der Waals surface area contributed by atoms with E-state index in [2.05, 4.69) is 5.32 Å². The van der Waals surface area contributed by atoms with Crippen molar-refractivity contribution >= 4 is 23.3 Å². The minimum atomic E-state index is -0.578. The Morgan fingerprint density at radius 1 is 1.50 bits per heavy atom. The van der Waals surface area contributed by atoms with E-state index in [1.165, 1.54) is 12.0 Å². The van der Waals surface area contributed by atoms with Gasteiger partial charge in [-0.25, -0.2) is 4.79 Å². The van der Waals surface area contributed by atoms with E-state index in [0.29, 0.717) is 26.1 Å². The number of rotatable bonds is 3. The molecule has 20 heavy (non-hydrogen) atoms. The molecule has 0 saturated carbocycles. The van der Waals surface area contributed by atoms with Crippen molar-refractivity contribution < 1.29 is 14.3 Å². The molecule has 1 aromatic heterocycles. The molecule has 1 N–H and O–H groups in total. The quantitative estimate of drug-likeness (QED) is 0.870. The zero-order chi connectivity index (χ0) is 14.8. The average molecular weight is 296 g/mol. The van der Waals surface area contributed by atoms with Gasteiger partial charge in [-0.1, -0.05) is 0 Å². The zero-order valence-corrected chi connectivity index (χ0v) is 12.9. The van der Waals surface area contributed by atoms with Crippen LogP contribution in [-0.4, -0.2) is 37.1 Å². The van der Waals surface area contributed by atoms with Gasteiger partial charge in [-0.2, -0.15) is 0 Å². The van der Waals surface area contributed by atoms with Crippen LogP contribution in [0.15, 0.2) is 12.1 Å². The number of ether oxygens (including phenoxy) is 1. The summed E-state index contributed by atoms with van der Waals surface area (Å²) in [5.74, 6) is -0.248. The van der Waals surface area contributed by atoms with E-state index in [1.54, 1.807) is 16.2 Å². The fourth-order valence-corrected chi connectivity index (χ4v) is 3.23. The lowest BCUT2D eigenvalue weighted by molar-refractivity contribution is -0.150. The number of carbonyl (C=O) groups excluding carboxylic acids is 2. The van der Waals surface area contributed by atoms with Gasteiger partial charge >= 0.3 is 12.0 Å². The molecule has 1 fully saturated rings. The molecule has 0 aromatic carbocycles. The number of methoxy groups -OCH3 is 1. The number of aryl methyl sites for hydroxylation is 1. The number of amides is 2. The van der Waals surface area contributed by atoms with Crippen LogP contribution in [0.1, 0.15) is 23.1 Å². The van der Waals surface area contributed by atoms with Crippen molar-refractivity contribution in [2.24, 2.45) is 5.41 Å². The van der Waals surface area contributed by atoms with Gasteiger partial charge in [0, 0.05) is 22.8 Å². The molecule has 0 aliphatic carbocycles. The van der Waals surface area contributed by atoms with Crippen molar-refractivity contribution in [1.82, 2.24) is 10.2 Å². The standard InChI is InChI=1S/C14H20N2O3S/c1-10-4-5-11(20-10)8-15-13(18)16-7-6-14(2,9-16)12(17)19-3/h4-5H,6-9H2,1-3H3,(H,15,18)/t14-/m1/s1. The minimum absolute atomic E-state index is 0.122. The summed E-state index contributed by atoms with van der Waals surface area (Å²) in [5.41, 5.74) is -0.578. The number of hydrogen-bond donors (Lipinski definition) is 1. The molecule has 1 atom stereocenters. The number of nitrogens with one attached hydrogen (secondary N) is 1. The predicted octanol–water partition coefficient (Wildman–Crippen LogP) is 2.15. The maximum atomic E-state index is 12.1. The van der Waals surface area contributed by atoms with Gasteiger partial charge in [0.05, 0.1) is 19.1 Å². The largest absolute Gasteiger partial charge is 0.469 e. The molecule has 0 bridgehead atoms. The molecule has 1 aliphatic heterocycles. The maximum Gasteiger partial charge on any atom is 0.317 e. The smallest absolute Gasteiger partial charge is 0.317 e. The second-order valence-corrected chi connectivity index (χ2v) is 6.77. The summed E-state index contributed by atoms with van der Waals surface area (Å²) in [4.78, 5) is 27.8. The lowest BCUT2D eigenvalue weighted by atomic mass is 9.90. The first-order chi connectivity index (χ1) is 9.44. The molecule has 2 amide bonds. The fraction of sp³-hybridized carbons (Fsp3) is 0.571. The first-order valence-corrected chi connectivity index (χ1v) is 7.43. The summed E-state index contributed by atoms with van der Waals surface area (Å²) >= 11 is 1.67. The van der Waals surface area contributed by atoms with Crippen molar-refractivity contribution in [3.63, 3.8) is 0 Å². The van der Waals surface area contributed by atoms with Crippen LogP contribution in [0.2, 0.25) is 0 Å². The first kappa shape index (κ1) is 14.8. The van der Waals surface area contributed by atoms with Crippen LogP contribution >= 0.6 is 11.3 Å². The Labute approximate surface area is 122 Å². The highest BCUT2D eigenvalue weighted by Crippen LogP contribution is 2.31. The summed E-state index contributed by atoms with van der Waals surface area (Å²) in [6, 6.07) is 3.93. The summed E-state index contributed by atoms with van der Waals surface area (Å²) in [6.07, 6.45) is 0.644. The molecule has 1 aromatic rings. The Balaban J connectivity index is 1.87. The Morgan fingerprint density at radius 2 is 2.25 bits per heavy atom. The van der Waals surface area contributed by atoms with E-state index in [9.17, 15) is 9.59 Å². The molecular formula is C14H20N2O3S. The molecule has 6 heteroatoms. The van der Waals surface area contributed by atoms with Crippen LogP contribution in [0, 0.1) is 12.3 Å². The van der Waals surface area contributed by atoms with Gasteiger partial charge in [0.15, 0.2) is 0 Å². The second-order valence-electron chi connectivity index (χ2n) is 5.39. The molecule has 5 nitrogen and oxygen atoms in total. The highest BCUT2D eigenvalue weighted by Gasteiger charge is 2.42. The average Bonchev–Trinajstić information content (AvgIpc) is 3.02. The van der Waals surface area contributed by atoms with Gasteiger partial charge in [-0.3, -0.25) is 4.79 Å². The third kappa shape index (κ3) is 3.12. The van der Waals surface area contributed by atoms with Crippen molar-refractivity contribution in [2.45, 2.75) is 26.8 Å². The number of nitrogens with zero attached hydrogens (tertiary/aromatic N) is 1. The number of likely N-dealkylation sites (tertiary alicyclic amines) is 1. The van der Waals surface area contributed by atoms with E-state index in [1.807, 2.05) is 26.0 Å². The SMILES string of the molecule is COC(=O)[C@]1(C)CCN(C(=O)NCc2ccc(C)s2)C1. The summed E-state index contributed by atoms with van der Waals surface area (Å²) < 4.78 is 4.80. The van der Waals surface area contributed by atoms with Crippen LogP contribution in [0.5, 0.6) is 0 Å². The van der Waals surface area contributed by atoms with Crippen LogP contribution < -0.4 is 5.32 Å². The number of urea groups is 1. The van der Waals surface area contributed by atoms with E-state index in [4.69, 9.17) is 4.74 Å². The molecule has 0 unspecified atom stereocenters. The lowest BCUT2D eigenvalue weighted by Crippen LogP contribution is -2.40. The molecule has 110 valence electrons. The third-order valence-electron chi connectivity index (χ3n) is 3.65. The minimum Gasteiger partial charge on any atom is -0.469 e. The third-order valence-corrected chi connectivity index (χ3v) is 4.65.